The fourth-order valence-corrected chi connectivity index (χ4v) is 3.85. The summed E-state index contributed by atoms with van der Waals surface area (Å²) < 4.78 is 7.25. The molecule has 1 fully saturated rings. The molecule has 28 heavy (non-hydrogen) atoms. The van der Waals surface area contributed by atoms with Gasteiger partial charge in [0.1, 0.15) is 12.3 Å². The number of aliphatic hydroxyl groups excluding tert-OH is 1. The van der Waals surface area contributed by atoms with Crippen LogP contribution < -0.4 is 16.6 Å². The Morgan fingerprint density at radius 1 is 1.36 bits per heavy atom. The van der Waals surface area contributed by atoms with Crippen LogP contribution in [0.4, 0.5) is 0 Å². The Hall–Kier alpha value is -1.40. The van der Waals surface area contributed by atoms with Gasteiger partial charge >= 0.3 is 5.69 Å². The molecule has 3 rings (SSSR count). The molecule has 0 aliphatic carbocycles. The molecule has 0 bridgehead atoms. The number of nitrogens with one attached hydrogen (secondary N) is 2. The second-order valence-corrected chi connectivity index (χ2v) is 8.23. The van der Waals surface area contributed by atoms with E-state index in [0.717, 1.165) is 0 Å². The third-order valence-electron chi connectivity index (χ3n) is 4.34. The number of carbonyl (C=O) groups is 1. The Kier molecular flexibility index (Phi) is 6.81. The number of benzene rings is 1. The van der Waals surface area contributed by atoms with E-state index in [-0.39, 0.29) is 25.3 Å². The average molecular weight is 540 g/mol. The van der Waals surface area contributed by atoms with Crippen LogP contribution in [0.3, 0.4) is 0 Å². The van der Waals surface area contributed by atoms with Gasteiger partial charge in [-0.1, -0.05) is 29.3 Å². The number of rotatable bonds is 5. The van der Waals surface area contributed by atoms with E-state index in [0.29, 0.717) is 19.2 Å². The number of H-pyrrole nitrogens is 1. The molecule has 1 unspecified atom stereocenters. The standard InChI is InChI=1S/C17H16Cl2IN3O5/c18-9-2-1-3-10(19)8(9)4-14(25)21-6-13-12(24)5-15(28-13)23-7-11(20)16(26)22-17(23)27/h1-3,7,12-13,15,24H,4-6H2,(H,21,25)(H,22,26,27)/t12?,13-,15-/m0/s1. The van der Waals surface area contributed by atoms with E-state index < -0.39 is 29.7 Å². The highest BCUT2D eigenvalue weighted by molar-refractivity contribution is 14.1. The highest BCUT2D eigenvalue weighted by Gasteiger charge is 2.35. The van der Waals surface area contributed by atoms with Gasteiger partial charge < -0.3 is 15.2 Å². The van der Waals surface area contributed by atoms with Crippen molar-refractivity contribution in [1.29, 1.82) is 0 Å². The quantitative estimate of drug-likeness (QED) is 0.498. The van der Waals surface area contributed by atoms with E-state index in [1.807, 2.05) is 0 Å². The molecular formula is C17H16Cl2IN3O5. The number of hydrogen-bond donors (Lipinski definition) is 3. The Morgan fingerprint density at radius 3 is 2.71 bits per heavy atom. The van der Waals surface area contributed by atoms with Crippen LogP contribution in [0, 0.1) is 3.57 Å². The van der Waals surface area contributed by atoms with E-state index in [1.165, 1.54) is 10.8 Å². The number of aliphatic hydroxyl groups is 1. The zero-order valence-corrected chi connectivity index (χ0v) is 18.0. The Bertz CT molecular complexity index is 989. The Labute approximate surface area is 182 Å². The molecular weight excluding hydrogens is 524 g/mol. The zero-order chi connectivity index (χ0) is 20.4. The molecule has 3 N–H and O–H groups in total. The molecule has 2 aromatic rings. The molecule has 1 aromatic heterocycles. The monoisotopic (exact) mass is 539 g/mol. The first-order chi connectivity index (χ1) is 13.3. The maximum Gasteiger partial charge on any atom is 0.330 e. The highest BCUT2D eigenvalue weighted by atomic mass is 127. The van der Waals surface area contributed by atoms with Crippen LogP contribution in [0.15, 0.2) is 34.0 Å². The summed E-state index contributed by atoms with van der Waals surface area (Å²) in [7, 11) is 0. The fraction of sp³-hybridized carbons (Fsp3) is 0.353. The molecule has 150 valence electrons. The molecule has 2 heterocycles. The maximum absolute atomic E-state index is 12.2. The molecule has 1 aliphatic rings. The van der Waals surface area contributed by atoms with Crippen LogP contribution in [0.2, 0.25) is 10.0 Å². The highest BCUT2D eigenvalue weighted by Crippen LogP contribution is 2.28. The van der Waals surface area contributed by atoms with Gasteiger partial charge in [-0.3, -0.25) is 19.1 Å². The van der Waals surface area contributed by atoms with Gasteiger partial charge in [0.15, 0.2) is 0 Å². The number of halogens is 3. The number of ether oxygens (including phenoxy) is 1. The van der Waals surface area contributed by atoms with Gasteiger partial charge in [-0.2, -0.15) is 0 Å². The molecule has 3 atom stereocenters. The average Bonchev–Trinajstić information content (AvgIpc) is 3.00. The maximum atomic E-state index is 12.2. The number of aromatic nitrogens is 2. The lowest BCUT2D eigenvalue weighted by atomic mass is 10.1. The normalized spacial score (nSPS) is 21.6. The molecule has 0 radical (unpaired) electrons. The summed E-state index contributed by atoms with van der Waals surface area (Å²) in [4.78, 5) is 37.8. The minimum Gasteiger partial charge on any atom is -0.390 e. The van der Waals surface area contributed by atoms with Crippen molar-refractivity contribution in [3.8, 4) is 0 Å². The van der Waals surface area contributed by atoms with Crippen molar-refractivity contribution < 1.29 is 14.6 Å². The second kappa shape index (κ2) is 8.95. The molecule has 1 amide bonds. The topological polar surface area (TPSA) is 113 Å². The fourth-order valence-electron chi connectivity index (χ4n) is 2.88. The smallest absolute Gasteiger partial charge is 0.330 e. The number of aromatic amines is 1. The first-order valence-electron chi connectivity index (χ1n) is 8.30. The minimum absolute atomic E-state index is 0.0116. The molecule has 0 spiro atoms. The zero-order valence-electron chi connectivity index (χ0n) is 14.3. The Balaban J connectivity index is 1.61. The van der Waals surface area contributed by atoms with Gasteiger partial charge in [0.05, 0.1) is 16.1 Å². The molecule has 11 heteroatoms. The van der Waals surface area contributed by atoms with Crippen LogP contribution in [-0.4, -0.2) is 39.3 Å². The molecule has 1 aliphatic heterocycles. The van der Waals surface area contributed by atoms with Crippen molar-refractivity contribution in [2.45, 2.75) is 31.3 Å². The minimum atomic E-state index is -0.884. The van der Waals surface area contributed by atoms with Gasteiger partial charge in [-0.05, 0) is 40.3 Å². The third kappa shape index (κ3) is 4.77. The van der Waals surface area contributed by atoms with Crippen molar-refractivity contribution in [2.75, 3.05) is 6.54 Å². The van der Waals surface area contributed by atoms with Gasteiger partial charge in [0.2, 0.25) is 5.91 Å². The SMILES string of the molecule is O=C(Cc1c(Cl)cccc1Cl)NC[C@@H]1O[C@H](n2cc(I)c(=O)[nH]c2=O)CC1O. The van der Waals surface area contributed by atoms with Crippen molar-refractivity contribution in [2.24, 2.45) is 0 Å². The van der Waals surface area contributed by atoms with Crippen molar-refractivity contribution in [3.63, 3.8) is 0 Å². The van der Waals surface area contributed by atoms with Crippen molar-refractivity contribution in [1.82, 2.24) is 14.9 Å². The Morgan fingerprint density at radius 2 is 2.04 bits per heavy atom. The van der Waals surface area contributed by atoms with Gasteiger partial charge in [-0.15, -0.1) is 0 Å². The lowest BCUT2D eigenvalue weighted by molar-refractivity contribution is -0.121. The van der Waals surface area contributed by atoms with Crippen LogP contribution in [0.1, 0.15) is 18.2 Å². The van der Waals surface area contributed by atoms with Gasteiger partial charge in [0.25, 0.3) is 5.56 Å². The molecule has 1 saturated heterocycles. The largest absolute Gasteiger partial charge is 0.390 e. The first-order valence-corrected chi connectivity index (χ1v) is 10.1. The molecule has 1 aromatic carbocycles. The van der Waals surface area contributed by atoms with Crippen LogP contribution in [-0.2, 0) is 16.0 Å². The number of amides is 1. The van der Waals surface area contributed by atoms with Crippen LogP contribution >= 0.6 is 45.8 Å². The van der Waals surface area contributed by atoms with Crippen molar-refractivity contribution in [3.05, 3.63) is 64.4 Å². The van der Waals surface area contributed by atoms with E-state index in [2.05, 4.69) is 10.3 Å². The summed E-state index contributed by atoms with van der Waals surface area (Å²) in [6.07, 6.45) is -0.814. The number of hydrogen-bond acceptors (Lipinski definition) is 5. The van der Waals surface area contributed by atoms with E-state index in [9.17, 15) is 19.5 Å². The third-order valence-corrected chi connectivity index (χ3v) is 5.81. The first kappa shape index (κ1) is 21.3. The summed E-state index contributed by atoms with van der Waals surface area (Å²) in [5, 5.41) is 13.7. The van der Waals surface area contributed by atoms with E-state index in [4.69, 9.17) is 27.9 Å². The summed E-state index contributed by atoms with van der Waals surface area (Å²) in [5.41, 5.74) is -0.591. The summed E-state index contributed by atoms with van der Waals surface area (Å²) in [6, 6.07) is 4.98. The molecule has 0 saturated carbocycles. The van der Waals surface area contributed by atoms with Gasteiger partial charge in [0, 0.05) is 29.2 Å². The predicted octanol–water partition coefficient (Wildman–Crippen LogP) is 1.46. The molecule has 8 nitrogen and oxygen atoms in total. The van der Waals surface area contributed by atoms with Crippen LogP contribution in [0.25, 0.3) is 0 Å². The summed E-state index contributed by atoms with van der Waals surface area (Å²) >= 11 is 13.9. The van der Waals surface area contributed by atoms with Crippen molar-refractivity contribution >= 4 is 51.7 Å². The lowest BCUT2D eigenvalue weighted by Gasteiger charge is -2.17. The number of nitrogens with zero attached hydrogens (tertiary/aromatic N) is 1. The van der Waals surface area contributed by atoms with E-state index in [1.54, 1.807) is 40.8 Å². The summed E-state index contributed by atoms with van der Waals surface area (Å²) in [6.45, 7) is 0.0494. The summed E-state index contributed by atoms with van der Waals surface area (Å²) in [5.74, 6) is -0.329. The van der Waals surface area contributed by atoms with Gasteiger partial charge in [-0.25, -0.2) is 4.79 Å². The number of carbonyl (C=O) groups excluding carboxylic acids is 1. The van der Waals surface area contributed by atoms with Crippen LogP contribution in [0.5, 0.6) is 0 Å². The second-order valence-electron chi connectivity index (χ2n) is 6.26. The van der Waals surface area contributed by atoms with E-state index >= 15 is 0 Å². The predicted molar refractivity (Wildman–Crippen MR) is 112 cm³/mol. The lowest BCUT2D eigenvalue weighted by Crippen LogP contribution is -2.38.